The number of halogens is 2. The minimum absolute atomic E-state index is 0.799. The van der Waals surface area contributed by atoms with E-state index < -0.39 is 11.6 Å². The van der Waals surface area contributed by atoms with Crippen molar-refractivity contribution in [2.75, 3.05) is 0 Å². The molecule has 0 amide bonds. The van der Waals surface area contributed by atoms with Gasteiger partial charge in [0.1, 0.15) is 0 Å². The van der Waals surface area contributed by atoms with Crippen LogP contribution in [0.4, 0.5) is 8.78 Å². The molecule has 0 radical (unpaired) electrons. The van der Waals surface area contributed by atoms with Crippen LogP contribution in [0.1, 0.15) is 0 Å². The Morgan fingerprint density at radius 2 is 1.21 bits per heavy atom. The highest BCUT2D eigenvalue weighted by Crippen LogP contribution is 2.01. The molecule has 2 aromatic rings. The number of hydrogen-bond donors (Lipinski definition) is 0. The number of benzene rings is 1. The van der Waals surface area contributed by atoms with Crippen LogP contribution < -0.4 is 0 Å². The van der Waals surface area contributed by atoms with E-state index in [-0.39, 0.29) is 0 Å². The van der Waals surface area contributed by atoms with E-state index in [1.807, 2.05) is 18.2 Å². The van der Waals surface area contributed by atoms with Crippen molar-refractivity contribution in [3.63, 3.8) is 0 Å². The number of rotatable bonds is 0. The third kappa shape index (κ3) is 3.76. The maximum atomic E-state index is 11.9. The Balaban J connectivity index is 0.000000146. The molecule has 0 aliphatic rings. The van der Waals surface area contributed by atoms with Crippen LogP contribution in [-0.4, -0.2) is 4.98 Å². The number of pyridine rings is 1. The van der Waals surface area contributed by atoms with Gasteiger partial charge in [-0.15, -0.1) is 0 Å². The lowest BCUT2D eigenvalue weighted by Crippen LogP contribution is -1.77. The Kier molecular flexibility index (Phi) is 4.27. The fourth-order valence-electron chi connectivity index (χ4n) is 0.752. The molecule has 72 valence electrons. The second kappa shape index (κ2) is 5.80. The summed E-state index contributed by atoms with van der Waals surface area (Å²) in [7, 11) is 0. The van der Waals surface area contributed by atoms with Gasteiger partial charge in [-0.05, 0) is 24.3 Å². The minimum Gasteiger partial charge on any atom is -0.265 e. The van der Waals surface area contributed by atoms with Gasteiger partial charge < -0.3 is 0 Å². The Labute approximate surface area is 81.0 Å². The average Bonchev–Trinajstić information content (AvgIpc) is 2.26. The fourth-order valence-corrected chi connectivity index (χ4v) is 0.752. The SMILES string of the molecule is Fc1ccccc1F.c1ccncc1. The van der Waals surface area contributed by atoms with Gasteiger partial charge in [-0.3, -0.25) is 4.98 Å². The Bertz CT molecular complexity index is 315. The molecule has 2 rings (SSSR count). The van der Waals surface area contributed by atoms with Gasteiger partial charge >= 0.3 is 0 Å². The molecule has 0 saturated heterocycles. The topological polar surface area (TPSA) is 12.9 Å². The van der Waals surface area contributed by atoms with Crippen molar-refractivity contribution in [2.45, 2.75) is 0 Å². The highest BCUT2D eigenvalue weighted by Gasteiger charge is 1.93. The highest BCUT2D eigenvalue weighted by atomic mass is 19.2. The lowest BCUT2D eigenvalue weighted by atomic mass is 10.3. The van der Waals surface area contributed by atoms with Crippen LogP contribution in [0.5, 0.6) is 0 Å². The molecule has 3 heteroatoms. The molecule has 1 aromatic carbocycles. The van der Waals surface area contributed by atoms with E-state index in [1.54, 1.807) is 12.4 Å². The zero-order valence-electron chi connectivity index (χ0n) is 7.40. The summed E-state index contributed by atoms with van der Waals surface area (Å²) in [6.45, 7) is 0. The summed E-state index contributed by atoms with van der Waals surface area (Å²) in [6.07, 6.45) is 3.50. The van der Waals surface area contributed by atoms with Crippen molar-refractivity contribution in [2.24, 2.45) is 0 Å². The zero-order valence-corrected chi connectivity index (χ0v) is 7.40. The molecule has 0 N–H and O–H groups in total. The van der Waals surface area contributed by atoms with E-state index in [0.29, 0.717) is 0 Å². The van der Waals surface area contributed by atoms with E-state index in [4.69, 9.17) is 0 Å². The van der Waals surface area contributed by atoms with E-state index in [1.165, 1.54) is 12.1 Å². The first kappa shape index (κ1) is 10.3. The van der Waals surface area contributed by atoms with Crippen LogP contribution in [0.3, 0.4) is 0 Å². The predicted octanol–water partition coefficient (Wildman–Crippen LogP) is 3.05. The summed E-state index contributed by atoms with van der Waals surface area (Å²) in [5.41, 5.74) is 0. The zero-order chi connectivity index (χ0) is 10.2. The summed E-state index contributed by atoms with van der Waals surface area (Å²) in [6, 6.07) is 10.8. The van der Waals surface area contributed by atoms with Crippen LogP contribution >= 0.6 is 0 Å². The van der Waals surface area contributed by atoms with Crippen molar-refractivity contribution in [1.82, 2.24) is 4.98 Å². The normalized spacial score (nSPS) is 8.71. The second-order valence-electron chi connectivity index (χ2n) is 2.44. The second-order valence-corrected chi connectivity index (χ2v) is 2.44. The van der Waals surface area contributed by atoms with Gasteiger partial charge in [0.2, 0.25) is 0 Å². The van der Waals surface area contributed by atoms with Gasteiger partial charge in [-0.1, -0.05) is 18.2 Å². The minimum atomic E-state index is -0.799. The molecule has 1 aromatic heterocycles. The molecule has 0 aliphatic heterocycles. The first-order chi connectivity index (χ1) is 6.80. The lowest BCUT2D eigenvalue weighted by molar-refractivity contribution is 0.508. The molecule has 14 heavy (non-hydrogen) atoms. The van der Waals surface area contributed by atoms with Crippen molar-refractivity contribution >= 4 is 0 Å². The van der Waals surface area contributed by atoms with Gasteiger partial charge in [-0.25, -0.2) is 8.78 Å². The standard InChI is InChI=1S/C6H4F2.C5H5N/c7-5-3-1-2-4-6(5)8;1-2-4-6-5-3-1/h1-4H;1-5H. The molecule has 1 nitrogen and oxygen atoms in total. The van der Waals surface area contributed by atoms with E-state index >= 15 is 0 Å². The first-order valence-electron chi connectivity index (χ1n) is 4.06. The van der Waals surface area contributed by atoms with Crippen LogP contribution in [0.25, 0.3) is 0 Å². The molecular formula is C11H9F2N. The summed E-state index contributed by atoms with van der Waals surface area (Å²) in [5.74, 6) is -1.60. The summed E-state index contributed by atoms with van der Waals surface area (Å²) >= 11 is 0. The lowest BCUT2D eigenvalue weighted by Gasteiger charge is -1.85. The van der Waals surface area contributed by atoms with Crippen LogP contribution in [0, 0.1) is 11.6 Å². The third-order valence-corrected chi connectivity index (χ3v) is 1.39. The van der Waals surface area contributed by atoms with E-state index in [2.05, 4.69) is 4.98 Å². The third-order valence-electron chi connectivity index (χ3n) is 1.39. The predicted molar refractivity (Wildman–Crippen MR) is 50.6 cm³/mol. The monoisotopic (exact) mass is 193 g/mol. The molecule has 0 unspecified atom stereocenters. The number of aromatic nitrogens is 1. The molecule has 1 heterocycles. The molecule has 0 aliphatic carbocycles. The molecular weight excluding hydrogens is 184 g/mol. The maximum absolute atomic E-state index is 11.9. The van der Waals surface area contributed by atoms with Gasteiger partial charge in [0.15, 0.2) is 11.6 Å². The molecule has 0 spiro atoms. The molecule has 0 fully saturated rings. The Morgan fingerprint density at radius 1 is 0.714 bits per heavy atom. The van der Waals surface area contributed by atoms with Crippen LogP contribution in [0.15, 0.2) is 54.9 Å². The van der Waals surface area contributed by atoms with Gasteiger partial charge in [-0.2, -0.15) is 0 Å². The van der Waals surface area contributed by atoms with E-state index in [0.717, 1.165) is 12.1 Å². The summed E-state index contributed by atoms with van der Waals surface area (Å²) < 4.78 is 23.9. The quantitative estimate of drug-likeness (QED) is 0.626. The summed E-state index contributed by atoms with van der Waals surface area (Å²) in [5, 5.41) is 0. The summed E-state index contributed by atoms with van der Waals surface area (Å²) in [4.78, 5) is 3.78. The number of nitrogens with zero attached hydrogens (tertiary/aromatic N) is 1. The largest absolute Gasteiger partial charge is 0.265 e. The Hall–Kier alpha value is -1.77. The van der Waals surface area contributed by atoms with Crippen molar-refractivity contribution in [1.29, 1.82) is 0 Å². The van der Waals surface area contributed by atoms with Crippen molar-refractivity contribution in [3.05, 3.63) is 66.5 Å². The van der Waals surface area contributed by atoms with E-state index in [9.17, 15) is 8.78 Å². The van der Waals surface area contributed by atoms with Gasteiger partial charge in [0.05, 0.1) is 0 Å². The molecule has 0 atom stereocenters. The van der Waals surface area contributed by atoms with Gasteiger partial charge in [0.25, 0.3) is 0 Å². The smallest absolute Gasteiger partial charge is 0.158 e. The highest BCUT2D eigenvalue weighted by molar-refractivity contribution is 5.05. The van der Waals surface area contributed by atoms with Crippen molar-refractivity contribution < 1.29 is 8.78 Å². The van der Waals surface area contributed by atoms with Crippen LogP contribution in [-0.2, 0) is 0 Å². The maximum Gasteiger partial charge on any atom is 0.158 e. The fraction of sp³-hybridized carbons (Fsp3) is 0. The Morgan fingerprint density at radius 3 is 1.43 bits per heavy atom. The molecule has 0 saturated carbocycles. The van der Waals surface area contributed by atoms with Crippen LogP contribution in [0.2, 0.25) is 0 Å². The molecule has 0 bridgehead atoms. The average molecular weight is 193 g/mol. The van der Waals surface area contributed by atoms with Gasteiger partial charge in [0, 0.05) is 12.4 Å². The first-order valence-corrected chi connectivity index (χ1v) is 4.06. The number of hydrogen-bond acceptors (Lipinski definition) is 1. The van der Waals surface area contributed by atoms with Crippen molar-refractivity contribution in [3.8, 4) is 0 Å².